The summed E-state index contributed by atoms with van der Waals surface area (Å²) in [7, 11) is 0. The molecule has 1 fully saturated rings. The van der Waals surface area contributed by atoms with Gasteiger partial charge in [-0.15, -0.1) is 0 Å². The van der Waals surface area contributed by atoms with Crippen molar-refractivity contribution < 1.29 is 23.4 Å². The maximum atomic E-state index is 13.9. The number of hydrogen-bond donors (Lipinski definition) is 1. The van der Waals surface area contributed by atoms with Gasteiger partial charge in [0.05, 0.1) is 13.2 Å². The first-order chi connectivity index (χ1) is 8.96. The van der Waals surface area contributed by atoms with E-state index in [9.17, 15) is 18.7 Å². The van der Waals surface area contributed by atoms with Crippen LogP contribution >= 0.6 is 0 Å². The van der Waals surface area contributed by atoms with E-state index < -0.39 is 23.1 Å². The number of hydrogen-bond acceptors (Lipinski definition) is 3. The summed E-state index contributed by atoms with van der Waals surface area (Å²) in [5, 5.41) is 9.48. The first-order valence-electron chi connectivity index (χ1n) is 5.98. The van der Waals surface area contributed by atoms with Crippen LogP contribution in [-0.4, -0.2) is 42.3 Å². The third-order valence-electron chi connectivity index (χ3n) is 3.51. The van der Waals surface area contributed by atoms with Crippen LogP contribution in [0.5, 0.6) is 0 Å². The maximum Gasteiger partial charge on any atom is 0.328 e. The molecule has 0 spiro atoms. The summed E-state index contributed by atoms with van der Waals surface area (Å²) in [6, 6.07) is 2.87. The lowest BCUT2D eigenvalue weighted by Gasteiger charge is -2.40. The Kier molecular flexibility index (Phi) is 3.82. The van der Waals surface area contributed by atoms with Crippen LogP contribution < -0.4 is 0 Å². The van der Waals surface area contributed by atoms with E-state index in [4.69, 9.17) is 4.74 Å². The van der Waals surface area contributed by atoms with Crippen LogP contribution in [0, 0.1) is 11.6 Å². The van der Waals surface area contributed by atoms with Crippen molar-refractivity contribution in [3.63, 3.8) is 0 Å². The Labute approximate surface area is 109 Å². The van der Waals surface area contributed by atoms with Gasteiger partial charge in [0.2, 0.25) is 0 Å². The van der Waals surface area contributed by atoms with Crippen molar-refractivity contribution in [3.8, 4) is 0 Å². The zero-order chi connectivity index (χ0) is 14.0. The summed E-state index contributed by atoms with van der Waals surface area (Å²) in [5.41, 5.74) is -1.77. The fraction of sp³-hybridized carbons (Fsp3) is 0.462. The largest absolute Gasteiger partial charge is 0.480 e. The zero-order valence-electron chi connectivity index (χ0n) is 10.5. The smallest absolute Gasteiger partial charge is 0.328 e. The van der Waals surface area contributed by atoms with Crippen molar-refractivity contribution in [3.05, 3.63) is 35.4 Å². The molecule has 1 heterocycles. The fourth-order valence-corrected chi connectivity index (χ4v) is 2.30. The molecular weight excluding hydrogens is 256 g/mol. The van der Waals surface area contributed by atoms with Gasteiger partial charge >= 0.3 is 5.97 Å². The summed E-state index contributed by atoms with van der Waals surface area (Å²) in [4.78, 5) is 13.2. The molecule has 0 aliphatic carbocycles. The molecule has 19 heavy (non-hydrogen) atoms. The second-order valence-electron chi connectivity index (χ2n) is 4.60. The zero-order valence-corrected chi connectivity index (χ0v) is 10.5. The molecule has 1 aromatic rings. The molecule has 1 aromatic carbocycles. The quantitative estimate of drug-likeness (QED) is 0.907. The van der Waals surface area contributed by atoms with Gasteiger partial charge in [0.25, 0.3) is 0 Å². The first-order valence-corrected chi connectivity index (χ1v) is 5.98. The third-order valence-corrected chi connectivity index (χ3v) is 3.51. The molecule has 104 valence electrons. The van der Waals surface area contributed by atoms with Crippen LogP contribution in [0.2, 0.25) is 0 Å². The second kappa shape index (κ2) is 5.22. The highest BCUT2D eigenvalue weighted by molar-refractivity contribution is 5.80. The van der Waals surface area contributed by atoms with Gasteiger partial charge in [0.15, 0.2) is 0 Å². The Morgan fingerprint density at radius 3 is 2.58 bits per heavy atom. The van der Waals surface area contributed by atoms with Gasteiger partial charge < -0.3 is 9.84 Å². The van der Waals surface area contributed by atoms with Crippen molar-refractivity contribution in [2.24, 2.45) is 0 Å². The molecule has 0 radical (unpaired) electrons. The molecular formula is C13H15F2NO3. The molecule has 0 saturated carbocycles. The number of aliphatic carboxylic acids is 1. The lowest BCUT2D eigenvalue weighted by molar-refractivity contribution is -0.154. The van der Waals surface area contributed by atoms with Gasteiger partial charge in [-0.25, -0.2) is 13.6 Å². The minimum Gasteiger partial charge on any atom is -0.480 e. The molecule has 4 nitrogen and oxygen atoms in total. The van der Waals surface area contributed by atoms with Crippen LogP contribution in [-0.2, 0) is 15.1 Å². The van der Waals surface area contributed by atoms with Gasteiger partial charge in [-0.1, -0.05) is 0 Å². The van der Waals surface area contributed by atoms with E-state index in [-0.39, 0.29) is 5.56 Å². The average Bonchev–Trinajstić information content (AvgIpc) is 2.41. The van der Waals surface area contributed by atoms with E-state index in [1.54, 1.807) is 4.90 Å². The Bertz CT molecular complexity index is 489. The number of carbonyl (C=O) groups is 1. The molecule has 0 aromatic heterocycles. The Hall–Kier alpha value is -1.53. The molecule has 6 heteroatoms. The Morgan fingerprint density at radius 2 is 2.00 bits per heavy atom. The topological polar surface area (TPSA) is 49.8 Å². The van der Waals surface area contributed by atoms with Crippen LogP contribution in [0.3, 0.4) is 0 Å². The van der Waals surface area contributed by atoms with E-state index in [1.807, 2.05) is 0 Å². The number of nitrogens with zero attached hydrogens (tertiary/aromatic N) is 1. The van der Waals surface area contributed by atoms with Crippen molar-refractivity contribution in [1.82, 2.24) is 4.90 Å². The summed E-state index contributed by atoms with van der Waals surface area (Å²) < 4.78 is 32.4. The van der Waals surface area contributed by atoms with Crippen LogP contribution in [0.15, 0.2) is 18.2 Å². The van der Waals surface area contributed by atoms with E-state index >= 15 is 0 Å². The summed E-state index contributed by atoms with van der Waals surface area (Å²) in [5.74, 6) is -2.59. The number of morpholine rings is 1. The fourth-order valence-electron chi connectivity index (χ4n) is 2.30. The average molecular weight is 271 g/mol. The summed E-state index contributed by atoms with van der Waals surface area (Å²) in [6.07, 6.45) is 0. The molecule has 1 atom stereocenters. The van der Waals surface area contributed by atoms with E-state index in [0.29, 0.717) is 26.3 Å². The second-order valence-corrected chi connectivity index (χ2v) is 4.60. The third kappa shape index (κ3) is 2.46. The van der Waals surface area contributed by atoms with Gasteiger partial charge in [0, 0.05) is 18.7 Å². The first kappa shape index (κ1) is 13.9. The van der Waals surface area contributed by atoms with Crippen molar-refractivity contribution in [2.75, 3.05) is 26.3 Å². The molecule has 1 aliphatic rings. The van der Waals surface area contributed by atoms with E-state index in [2.05, 4.69) is 0 Å². The van der Waals surface area contributed by atoms with E-state index in [0.717, 1.165) is 18.2 Å². The van der Waals surface area contributed by atoms with E-state index in [1.165, 1.54) is 6.92 Å². The SMILES string of the molecule is CC(C(=O)O)(c1cc(F)ccc1F)N1CCOCC1. The number of rotatable bonds is 3. The summed E-state index contributed by atoms with van der Waals surface area (Å²) in [6.45, 7) is 2.86. The van der Waals surface area contributed by atoms with Gasteiger partial charge in [-0.2, -0.15) is 0 Å². The molecule has 0 bridgehead atoms. The lowest BCUT2D eigenvalue weighted by atomic mass is 9.89. The molecule has 1 aliphatic heterocycles. The Morgan fingerprint density at radius 1 is 1.37 bits per heavy atom. The number of benzene rings is 1. The Balaban J connectivity index is 2.48. The van der Waals surface area contributed by atoms with Crippen LogP contribution in [0.25, 0.3) is 0 Å². The highest BCUT2D eigenvalue weighted by Gasteiger charge is 2.44. The normalized spacial score (nSPS) is 19.9. The lowest BCUT2D eigenvalue weighted by Crippen LogP contribution is -2.54. The van der Waals surface area contributed by atoms with Gasteiger partial charge in [-0.3, -0.25) is 4.90 Å². The molecule has 1 saturated heterocycles. The van der Waals surface area contributed by atoms with Gasteiger partial charge in [0.1, 0.15) is 17.2 Å². The number of halogens is 2. The number of carboxylic acid groups (broad SMARTS) is 1. The minimum absolute atomic E-state index is 0.165. The van der Waals surface area contributed by atoms with Gasteiger partial charge in [-0.05, 0) is 25.1 Å². The molecule has 1 unspecified atom stereocenters. The molecule has 0 amide bonds. The van der Waals surface area contributed by atoms with Crippen molar-refractivity contribution in [2.45, 2.75) is 12.5 Å². The number of ether oxygens (including phenoxy) is 1. The highest BCUT2D eigenvalue weighted by atomic mass is 19.1. The molecule has 2 rings (SSSR count). The predicted molar refractivity (Wildman–Crippen MR) is 63.7 cm³/mol. The highest BCUT2D eigenvalue weighted by Crippen LogP contribution is 2.32. The summed E-state index contributed by atoms with van der Waals surface area (Å²) >= 11 is 0. The van der Waals surface area contributed by atoms with Crippen molar-refractivity contribution >= 4 is 5.97 Å². The standard InChI is InChI=1S/C13H15F2NO3/c1-13(12(17)18,16-4-6-19-7-5-16)10-8-9(14)2-3-11(10)15/h2-3,8H,4-7H2,1H3,(H,17,18). The molecule has 1 N–H and O–H groups in total. The van der Waals surface area contributed by atoms with Crippen LogP contribution in [0.4, 0.5) is 8.78 Å². The minimum atomic E-state index is -1.60. The predicted octanol–water partition coefficient (Wildman–Crippen LogP) is 1.60. The van der Waals surface area contributed by atoms with Crippen LogP contribution in [0.1, 0.15) is 12.5 Å². The number of carboxylic acids is 1. The van der Waals surface area contributed by atoms with Crippen molar-refractivity contribution in [1.29, 1.82) is 0 Å². The maximum absolute atomic E-state index is 13.9. The monoisotopic (exact) mass is 271 g/mol.